The van der Waals surface area contributed by atoms with Crippen molar-refractivity contribution < 1.29 is 0 Å². The van der Waals surface area contributed by atoms with Crippen LogP contribution in [0.4, 0.5) is 11.8 Å². The SMILES string of the molecule is Cn1cc(CCCNc2nc(N)nc3c2CCNCC3)cn1. The van der Waals surface area contributed by atoms with Crippen molar-refractivity contribution in [3.63, 3.8) is 0 Å². The van der Waals surface area contributed by atoms with Crippen molar-refractivity contribution in [1.82, 2.24) is 25.1 Å². The number of fused-ring (bicyclic) bond motifs is 1. The molecule has 0 saturated carbocycles. The summed E-state index contributed by atoms with van der Waals surface area (Å²) < 4.78 is 1.83. The Kier molecular flexibility index (Phi) is 4.53. The van der Waals surface area contributed by atoms with E-state index in [9.17, 15) is 0 Å². The Morgan fingerprint density at radius 1 is 1.32 bits per heavy atom. The Morgan fingerprint density at radius 3 is 3.00 bits per heavy atom. The van der Waals surface area contributed by atoms with Crippen LogP contribution in [-0.4, -0.2) is 39.4 Å². The van der Waals surface area contributed by atoms with Crippen LogP contribution >= 0.6 is 0 Å². The van der Waals surface area contributed by atoms with Crippen LogP contribution in [0.3, 0.4) is 0 Å². The van der Waals surface area contributed by atoms with Crippen molar-refractivity contribution in [1.29, 1.82) is 0 Å². The van der Waals surface area contributed by atoms with E-state index in [1.165, 1.54) is 11.1 Å². The van der Waals surface area contributed by atoms with Gasteiger partial charge in [-0.25, -0.2) is 4.98 Å². The summed E-state index contributed by atoms with van der Waals surface area (Å²) in [4.78, 5) is 8.78. The molecule has 0 fully saturated rings. The molecule has 4 N–H and O–H groups in total. The van der Waals surface area contributed by atoms with E-state index in [1.807, 2.05) is 17.9 Å². The second-order valence-corrected chi connectivity index (χ2v) is 5.66. The largest absolute Gasteiger partial charge is 0.370 e. The van der Waals surface area contributed by atoms with Gasteiger partial charge in [-0.2, -0.15) is 10.1 Å². The van der Waals surface area contributed by atoms with Crippen LogP contribution in [0.5, 0.6) is 0 Å². The van der Waals surface area contributed by atoms with Gasteiger partial charge in [0.2, 0.25) is 5.95 Å². The predicted molar refractivity (Wildman–Crippen MR) is 86.7 cm³/mol. The lowest BCUT2D eigenvalue weighted by molar-refractivity contribution is 0.708. The highest BCUT2D eigenvalue weighted by molar-refractivity contribution is 5.50. The van der Waals surface area contributed by atoms with E-state index in [2.05, 4.69) is 31.9 Å². The number of aryl methyl sites for hydroxylation is 2. The highest BCUT2D eigenvalue weighted by Gasteiger charge is 2.15. The Morgan fingerprint density at radius 2 is 2.18 bits per heavy atom. The molecule has 3 rings (SSSR count). The lowest BCUT2D eigenvalue weighted by atomic mass is 10.1. The number of rotatable bonds is 5. The maximum atomic E-state index is 5.84. The van der Waals surface area contributed by atoms with E-state index in [-0.39, 0.29) is 0 Å². The van der Waals surface area contributed by atoms with Crippen LogP contribution in [0.25, 0.3) is 0 Å². The van der Waals surface area contributed by atoms with Crippen LogP contribution in [0.1, 0.15) is 23.2 Å². The lowest BCUT2D eigenvalue weighted by Crippen LogP contribution is -2.16. The quantitative estimate of drug-likeness (QED) is 0.697. The Balaban J connectivity index is 1.61. The summed E-state index contributed by atoms with van der Waals surface area (Å²) in [5.74, 6) is 1.26. The molecule has 118 valence electrons. The van der Waals surface area contributed by atoms with Crippen molar-refractivity contribution in [3.05, 3.63) is 29.2 Å². The number of nitrogen functional groups attached to an aromatic ring is 1. The molecule has 0 spiro atoms. The fourth-order valence-electron chi connectivity index (χ4n) is 2.81. The van der Waals surface area contributed by atoms with Crippen molar-refractivity contribution >= 4 is 11.8 Å². The smallest absolute Gasteiger partial charge is 0.222 e. The molecule has 0 bridgehead atoms. The topological polar surface area (TPSA) is 93.7 Å². The summed E-state index contributed by atoms with van der Waals surface area (Å²) in [6, 6.07) is 0. The number of nitrogens with zero attached hydrogens (tertiary/aromatic N) is 4. The molecule has 0 amide bonds. The zero-order valence-corrected chi connectivity index (χ0v) is 13.0. The van der Waals surface area contributed by atoms with Gasteiger partial charge < -0.3 is 16.4 Å². The standard InChI is InChI=1S/C15H23N7/c1-22-10-11(9-19-22)3-2-6-18-14-12-4-7-17-8-5-13(12)20-15(16)21-14/h9-10,17H,2-8H2,1H3,(H3,16,18,20,21). The van der Waals surface area contributed by atoms with Crippen LogP contribution < -0.4 is 16.4 Å². The molecule has 0 aliphatic carbocycles. The number of aromatic nitrogens is 4. The number of nitrogens with two attached hydrogens (primary N) is 1. The van der Waals surface area contributed by atoms with Gasteiger partial charge in [0.25, 0.3) is 0 Å². The number of hydrogen-bond acceptors (Lipinski definition) is 6. The molecule has 0 aromatic carbocycles. The Hall–Kier alpha value is -2.15. The normalized spacial score (nSPS) is 14.4. The maximum absolute atomic E-state index is 5.84. The second-order valence-electron chi connectivity index (χ2n) is 5.66. The first-order valence-electron chi connectivity index (χ1n) is 7.80. The average Bonchev–Trinajstić information content (AvgIpc) is 2.76. The van der Waals surface area contributed by atoms with Gasteiger partial charge in [0.05, 0.1) is 11.9 Å². The van der Waals surface area contributed by atoms with Crippen LogP contribution in [-0.2, 0) is 26.3 Å². The van der Waals surface area contributed by atoms with Crippen LogP contribution in [0.15, 0.2) is 12.4 Å². The van der Waals surface area contributed by atoms with Gasteiger partial charge in [0, 0.05) is 38.3 Å². The van der Waals surface area contributed by atoms with E-state index in [4.69, 9.17) is 5.73 Å². The number of hydrogen-bond donors (Lipinski definition) is 3. The third-order valence-electron chi connectivity index (χ3n) is 3.89. The summed E-state index contributed by atoms with van der Waals surface area (Å²) >= 11 is 0. The van der Waals surface area contributed by atoms with Crippen LogP contribution in [0.2, 0.25) is 0 Å². The van der Waals surface area contributed by atoms with Crippen molar-refractivity contribution in [2.24, 2.45) is 7.05 Å². The van der Waals surface area contributed by atoms with Gasteiger partial charge in [0.15, 0.2) is 0 Å². The Bertz CT molecular complexity index is 635. The third kappa shape index (κ3) is 3.54. The summed E-state index contributed by atoms with van der Waals surface area (Å²) in [7, 11) is 1.94. The van der Waals surface area contributed by atoms with Gasteiger partial charge in [0.1, 0.15) is 5.82 Å². The average molecular weight is 301 g/mol. The van der Waals surface area contributed by atoms with Gasteiger partial charge in [-0.15, -0.1) is 0 Å². The fraction of sp³-hybridized carbons (Fsp3) is 0.533. The molecule has 3 heterocycles. The fourth-order valence-corrected chi connectivity index (χ4v) is 2.81. The van der Waals surface area contributed by atoms with E-state index in [1.54, 1.807) is 0 Å². The molecule has 7 nitrogen and oxygen atoms in total. The van der Waals surface area contributed by atoms with E-state index >= 15 is 0 Å². The first-order chi connectivity index (χ1) is 10.7. The molecule has 1 aliphatic rings. The first-order valence-corrected chi connectivity index (χ1v) is 7.80. The molecule has 22 heavy (non-hydrogen) atoms. The third-order valence-corrected chi connectivity index (χ3v) is 3.89. The first kappa shape index (κ1) is 14.8. The molecule has 0 atom stereocenters. The van der Waals surface area contributed by atoms with Gasteiger partial charge in [-0.3, -0.25) is 4.68 Å². The zero-order chi connectivity index (χ0) is 15.4. The molecule has 1 aliphatic heterocycles. The van der Waals surface area contributed by atoms with E-state index in [0.717, 1.165) is 56.8 Å². The number of nitrogens with one attached hydrogen (secondary N) is 2. The molecular formula is C15H23N7. The van der Waals surface area contributed by atoms with Crippen molar-refractivity contribution in [2.45, 2.75) is 25.7 Å². The van der Waals surface area contributed by atoms with Crippen molar-refractivity contribution in [3.8, 4) is 0 Å². The molecule has 0 radical (unpaired) electrons. The highest BCUT2D eigenvalue weighted by Crippen LogP contribution is 2.20. The van der Waals surface area contributed by atoms with Crippen molar-refractivity contribution in [2.75, 3.05) is 30.7 Å². The summed E-state index contributed by atoms with van der Waals surface area (Å²) in [5.41, 5.74) is 9.38. The maximum Gasteiger partial charge on any atom is 0.222 e. The van der Waals surface area contributed by atoms with Gasteiger partial charge in [-0.1, -0.05) is 0 Å². The minimum atomic E-state index is 0.357. The molecule has 0 unspecified atom stereocenters. The minimum Gasteiger partial charge on any atom is -0.370 e. The summed E-state index contributed by atoms with van der Waals surface area (Å²) in [6.45, 7) is 2.78. The van der Waals surface area contributed by atoms with Gasteiger partial charge >= 0.3 is 0 Å². The highest BCUT2D eigenvalue weighted by atomic mass is 15.2. The second kappa shape index (κ2) is 6.74. The number of anilines is 2. The molecule has 2 aromatic heterocycles. The summed E-state index contributed by atoms with van der Waals surface area (Å²) in [6.07, 6.45) is 7.86. The predicted octanol–water partition coefficient (Wildman–Crippen LogP) is 0.525. The monoisotopic (exact) mass is 301 g/mol. The lowest BCUT2D eigenvalue weighted by Gasteiger charge is -2.13. The zero-order valence-electron chi connectivity index (χ0n) is 13.0. The Labute approximate surface area is 130 Å². The summed E-state index contributed by atoms with van der Waals surface area (Å²) in [5, 5.41) is 11.0. The van der Waals surface area contributed by atoms with Crippen LogP contribution in [0, 0.1) is 0 Å². The van der Waals surface area contributed by atoms with E-state index < -0.39 is 0 Å². The minimum absolute atomic E-state index is 0.357. The molecule has 7 heteroatoms. The molecule has 2 aromatic rings. The molecular weight excluding hydrogens is 278 g/mol. The van der Waals surface area contributed by atoms with E-state index in [0.29, 0.717) is 5.95 Å². The van der Waals surface area contributed by atoms with Gasteiger partial charge in [-0.05, 0) is 31.4 Å². The molecule has 0 saturated heterocycles.